The summed E-state index contributed by atoms with van der Waals surface area (Å²) in [5, 5.41) is 11.0. The highest BCUT2D eigenvalue weighted by Gasteiger charge is 2.17. The summed E-state index contributed by atoms with van der Waals surface area (Å²) in [5.41, 5.74) is 2.14. The Labute approximate surface area is 131 Å². The van der Waals surface area contributed by atoms with Crippen LogP contribution in [-0.2, 0) is 0 Å². The first-order valence-corrected chi connectivity index (χ1v) is 6.98. The van der Waals surface area contributed by atoms with Crippen LogP contribution >= 0.6 is 11.6 Å². The summed E-state index contributed by atoms with van der Waals surface area (Å²) >= 11 is 6.02. The topological polar surface area (TPSA) is 68.0 Å². The van der Waals surface area contributed by atoms with E-state index in [4.69, 9.17) is 16.0 Å². The summed E-state index contributed by atoms with van der Waals surface area (Å²) in [6.07, 6.45) is 0. The van der Waals surface area contributed by atoms with Crippen LogP contribution in [0.2, 0.25) is 5.02 Å². The van der Waals surface area contributed by atoms with Crippen molar-refractivity contribution >= 4 is 23.2 Å². The second-order valence-corrected chi connectivity index (χ2v) is 5.05. The average Bonchev–Trinajstić information content (AvgIpc) is 3.03. The van der Waals surface area contributed by atoms with Crippen LogP contribution in [0.5, 0.6) is 0 Å². The standard InChI is InChI=1S/C16H12ClN3O2/c1-10-12(17)8-5-9-13(10)18-14(21)16-20-19-15(22-16)11-6-3-2-4-7-11/h2-9H,1H3,(H,18,21). The van der Waals surface area contributed by atoms with Crippen molar-refractivity contribution in [3.05, 3.63) is 65.0 Å². The van der Waals surface area contributed by atoms with Gasteiger partial charge in [-0.15, -0.1) is 10.2 Å². The first-order valence-electron chi connectivity index (χ1n) is 6.60. The number of carbonyl (C=O) groups is 1. The molecule has 0 saturated carbocycles. The maximum absolute atomic E-state index is 12.2. The van der Waals surface area contributed by atoms with Gasteiger partial charge in [0.1, 0.15) is 0 Å². The number of benzene rings is 2. The number of amides is 1. The Balaban J connectivity index is 1.82. The monoisotopic (exact) mass is 313 g/mol. The van der Waals surface area contributed by atoms with Crippen molar-refractivity contribution in [3.63, 3.8) is 0 Å². The van der Waals surface area contributed by atoms with Gasteiger partial charge in [0.05, 0.1) is 0 Å². The molecule has 22 heavy (non-hydrogen) atoms. The van der Waals surface area contributed by atoms with Crippen LogP contribution in [0.3, 0.4) is 0 Å². The number of rotatable bonds is 3. The fourth-order valence-corrected chi connectivity index (χ4v) is 2.11. The van der Waals surface area contributed by atoms with Crippen molar-refractivity contribution in [1.82, 2.24) is 10.2 Å². The third-order valence-electron chi connectivity index (χ3n) is 3.16. The molecule has 1 amide bonds. The van der Waals surface area contributed by atoms with Crippen molar-refractivity contribution in [2.24, 2.45) is 0 Å². The van der Waals surface area contributed by atoms with Gasteiger partial charge in [-0.05, 0) is 36.8 Å². The number of hydrogen-bond donors (Lipinski definition) is 1. The molecule has 0 unspecified atom stereocenters. The molecule has 0 aliphatic rings. The van der Waals surface area contributed by atoms with Gasteiger partial charge >= 0.3 is 11.8 Å². The Morgan fingerprint density at radius 3 is 2.64 bits per heavy atom. The molecule has 3 aromatic rings. The highest BCUT2D eigenvalue weighted by atomic mass is 35.5. The molecule has 110 valence electrons. The molecule has 0 spiro atoms. The van der Waals surface area contributed by atoms with E-state index in [2.05, 4.69) is 15.5 Å². The second kappa shape index (κ2) is 5.99. The van der Waals surface area contributed by atoms with Crippen LogP contribution < -0.4 is 5.32 Å². The van der Waals surface area contributed by atoms with E-state index in [1.807, 2.05) is 37.3 Å². The van der Waals surface area contributed by atoms with Gasteiger partial charge in [-0.2, -0.15) is 0 Å². The van der Waals surface area contributed by atoms with Gasteiger partial charge in [0.2, 0.25) is 5.89 Å². The van der Waals surface area contributed by atoms with Gasteiger partial charge in [-0.1, -0.05) is 35.9 Å². The summed E-state index contributed by atoms with van der Waals surface area (Å²) in [6.45, 7) is 1.82. The molecule has 0 aliphatic heterocycles. The first-order chi connectivity index (χ1) is 10.6. The van der Waals surface area contributed by atoms with E-state index in [9.17, 15) is 4.79 Å². The minimum atomic E-state index is -0.472. The molecule has 1 aromatic heterocycles. The molecule has 0 radical (unpaired) electrons. The lowest BCUT2D eigenvalue weighted by molar-refractivity contribution is 0.0990. The molecule has 3 rings (SSSR count). The molecule has 1 heterocycles. The fraction of sp³-hybridized carbons (Fsp3) is 0.0625. The molecule has 0 aliphatic carbocycles. The number of anilines is 1. The lowest BCUT2D eigenvalue weighted by Crippen LogP contribution is -2.13. The quantitative estimate of drug-likeness (QED) is 0.795. The van der Waals surface area contributed by atoms with Crippen molar-refractivity contribution in [1.29, 1.82) is 0 Å². The number of halogens is 1. The Bertz CT molecular complexity index is 815. The molecule has 5 nitrogen and oxygen atoms in total. The van der Waals surface area contributed by atoms with Crippen molar-refractivity contribution in [3.8, 4) is 11.5 Å². The normalized spacial score (nSPS) is 10.5. The minimum absolute atomic E-state index is 0.0989. The van der Waals surface area contributed by atoms with Crippen LogP contribution in [0.4, 0.5) is 5.69 Å². The van der Waals surface area contributed by atoms with E-state index in [-0.39, 0.29) is 5.89 Å². The molecular formula is C16H12ClN3O2. The molecule has 0 atom stereocenters. The lowest BCUT2D eigenvalue weighted by Gasteiger charge is -2.07. The van der Waals surface area contributed by atoms with Gasteiger partial charge in [0, 0.05) is 16.3 Å². The molecular weight excluding hydrogens is 302 g/mol. The zero-order valence-corrected chi connectivity index (χ0v) is 12.5. The molecule has 0 saturated heterocycles. The highest BCUT2D eigenvalue weighted by molar-refractivity contribution is 6.31. The third kappa shape index (κ3) is 2.84. The van der Waals surface area contributed by atoms with E-state index in [0.29, 0.717) is 16.6 Å². The van der Waals surface area contributed by atoms with E-state index in [0.717, 1.165) is 11.1 Å². The van der Waals surface area contributed by atoms with Crippen LogP contribution in [0.15, 0.2) is 52.9 Å². The predicted molar refractivity (Wildman–Crippen MR) is 83.9 cm³/mol. The molecule has 0 fully saturated rings. The molecule has 0 bridgehead atoms. The number of nitrogens with one attached hydrogen (secondary N) is 1. The van der Waals surface area contributed by atoms with Crippen LogP contribution in [0, 0.1) is 6.92 Å². The first kappa shape index (κ1) is 14.3. The number of carbonyl (C=O) groups excluding carboxylic acids is 1. The van der Waals surface area contributed by atoms with Gasteiger partial charge in [0.15, 0.2) is 0 Å². The predicted octanol–water partition coefficient (Wildman–Crippen LogP) is 3.95. The smallest absolute Gasteiger partial charge is 0.313 e. The Morgan fingerprint density at radius 2 is 1.86 bits per heavy atom. The summed E-state index contributed by atoms with van der Waals surface area (Å²) in [6, 6.07) is 14.5. The van der Waals surface area contributed by atoms with E-state index in [1.165, 1.54) is 0 Å². The van der Waals surface area contributed by atoms with Crippen LogP contribution in [-0.4, -0.2) is 16.1 Å². The summed E-state index contributed by atoms with van der Waals surface area (Å²) < 4.78 is 5.41. The zero-order chi connectivity index (χ0) is 15.5. The highest BCUT2D eigenvalue weighted by Crippen LogP contribution is 2.24. The number of aromatic nitrogens is 2. The molecule has 1 N–H and O–H groups in total. The zero-order valence-electron chi connectivity index (χ0n) is 11.7. The lowest BCUT2D eigenvalue weighted by atomic mass is 10.2. The third-order valence-corrected chi connectivity index (χ3v) is 3.57. The van der Waals surface area contributed by atoms with Gasteiger partial charge in [-0.25, -0.2) is 0 Å². The maximum atomic E-state index is 12.2. The van der Waals surface area contributed by atoms with Crippen LogP contribution in [0.25, 0.3) is 11.5 Å². The second-order valence-electron chi connectivity index (χ2n) is 4.64. The average molecular weight is 314 g/mol. The summed E-state index contributed by atoms with van der Waals surface area (Å²) in [4.78, 5) is 12.2. The Morgan fingerprint density at radius 1 is 1.09 bits per heavy atom. The largest absolute Gasteiger partial charge is 0.412 e. The number of hydrogen-bond acceptors (Lipinski definition) is 4. The van der Waals surface area contributed by atoms with E-state index in [1.54, 1.807) is 18.2 Å². The summed E-state index contributed by atoms with van der Waals surface area (Å²) in [5.74, 6) is -0.271. The van der Waals surface area contributed by atoms with Gasteiger partial charge in [-0.3, -0.25) is 4.79 Å². The fourth-order valence-electron chi connectivity index (χ4n) is 1.93. The van der Waals surface area contributed by atoms with E-state index < -0.39 is 5.91 Å². The van der Waals surface area contributed by atoms with E-state index >= 15 is 0 Å². The van der Waals surface area contributed by atoms with Crippen LogP contribution in [0.1, 0.15) is 16.2 Å². The van der Waals surface area contributed by atoms with Crippen molar-refractivity contribution < 1.29 is 9.21 Å². The molecule has 6 heteroatoms. The van der Waals surface area contributed by atoms with Crippen molar-refractivity contribution in [2.75, 3.05) is 5.32 Å². The number of nitrogens with zero attached hydrogens (tertiary/aromatic N) is 2. The minimum Gasteiger partial charge on any atom is -0.412 e. The Kier molecular flexibility index (Phi) is 3.89. The summed E-state index contributed by atoms with van der Waals surface area (Å²) in [7, 11) is 0. The Hall–Kier alpha value is -2.66. The van der Waals surface area contributed by atoms with Crippen molar-refractivity contribution in [2.45, 2.75) is 6.92 Å². The van der Waals surface area contributed by atoms with Gasteiger partial charge < -0.3 is 9.73 Å². The SMILES string of the molecule is Cc1c(Cl)cccc1NC(=O)c1nnc(-c2ccccc2)o1. The van der Waals surface area contributed by atoms with Gasteiger partial charge in [0.25, 0.3) is 0 Å². The molecule has 2 aromatic carbocycles. The maximum Gasteiger partial charge on any atom is 0.313 e.